The average Bonchev–Trinajstić information content (AvgIpc) is 3.16. The van der Waals surface area contributed by atoms with Crippen molar-refractivity contribution in [1.29, 1.82) is 0 Å². The van der Waals surface area contributed by atoms with Crippen LogP contribution < -0.4 is 5.32 Å². The zero-order valence-electron chi connectivity index (χ0n) is 20.6. The van der Waals surface area contributed by atoms with Gasteiger partial charge in [0.25, 0.3) is 0 Å². The van der Waals surface area contributed by atoms with Crippen molar-refractivity contribution in [3.8, 4) is 11.1 Å². The van der Waals surface area contributed by atoms with E-state index < -0.39 is 17.5 Å². The molecule has 0 unspecified atom stereocenters. The fourth-order valence-corrected chi connectivity index (χ4v) is 5.41. The van der Waals surface area contributed by atoms with Crippen molar-refractivity contribution in [2.75, 3.05) is 20.2 Å². The van der Waals surface area contributed by atoms with Crippen molar-refractivity contribution in [3.63, 3.8) is 0 Å². The lowest BCUT2D eigenvalue weighted by Gasteiger charge is -2.43. The van der Waals surface area contributed by atoms with Gasteiger partial charge < -0.3 is 20.1 Å². The first-order valence-electron chi connectivity index (χ1n) is 12.4. The van der Waals surface area contributed by atoms with Gasteiger partial charge in [0, 0.05) is 25.6 Å². The molecule has 0 aromatic heterocycles. The summed E-state index contributed by atoms with van der Waals surface area (Å²) < 4.78 is 5.64. The molecule has 0 saturated heterocycles. The van der Waals surface area contributed by atoms with E-state index in [0.29, 0.717) is 25.7 Å². The number of carbonyl (C=O) groups excluding carboxylic acids is 2. The van der Waals surface area contributed by atoms with E-state index in [9.17, 15) is 14.4 Å². The van der Waals surface area contributed by atoms with E-state index in [4.69, 9.17) is 9.84 Å². The summed E-state index contributed by atoms with van der Waals surface area (Å²) in [7, 11) is 1.73. The molecule has 0 bridgehead atoms. The number of rotatable bonds is 9. The van der Waals surface area contributed by atoms with E-state index in [1.165, 1.54) is 11.1 Å². The molecule has 0 radical (unpaired) electrons. The fourth-order valence-electron chi connectivity index (χ4n) is 5.41. The summed E-state index contributed by atoms with van der Waals surface area (Å²) in [6.07, 6.45) is 1.53. The van der Waals surface area contributed by atoms with E-state index >= 15 is 0 Å². The SMILES string of the molecule is CCC(CC)(CNC(=O)OCC1c2ccccc2-c2ccccc21)C(=O)N(C)C1CC(C(=O)O)C1. The normalized spacial score (nSPS) is 18.7. The number of nitrogens with zero attached hydrogens (tertiary/aromatic N) is 1. The highest BCUT2D eigenvalue weighted by atomic mass is 16.5. The summed E-state index contributed by atoms with van der Waals surface area (Å²) in [5.74, 6) is -1.28. The second kappa shape index (κ2) is 10.1. The highest BCUT2D eigenvalue weighted by molar-refractivity contribution is 5.84. The van der Waals surface area contributed by atoms with Crippen LogP contribution in [0.3, 0.4) is 0 Å². The number of ether oxygens (including phenoxy) is 1. The molecular weight excluding hydrogens is 444 g/mol. The first kappa shape index (κ1) is 24.8. The van der Waals surface area contributed by atoms with Gasteiger partial charge in [-0.2, -0.15) is 0 Å². The third-order valence-corrected chi connectivity index (χ3v) is 8.05. The van der Waals surface area contributed by atoms with Crippen molar-refractivity contribution in [3.05, 3.63) is 59.7 Å². The first-order chi connectivity index (χ1) is 16.8. The Balaban J connectivity index is 1.36. The molecule has 2 N–H and O–H groups in total. The fraction of sp³-hybridized carbons (Fsp3) is 0.464. The van der Waals surface area contributed by atoms with Gasteiger partial charge in [-0.05, 0) is 47.9 Å². The molecule has 1 fully saturated rings. The van der Waals surface area contributed by atoms with E-state index in [-0.39, 0.29) is 36.9 Å². The maximum atomic E-state index is 13.4. The van der Waals surface area contributed by atoms with Crippen LogP contribution in [-0.2, 0) is 14.3 Å². The smallest absolute Gasteiger partial charge is 0.407 e. The molecule has 2 aromatic rings. The van der Waals surface area contributed by atoms with Gasteiger partial charge in [-0.25, -0.2) is 4.79 Å². The van der Waals surface area contributed by atoms with Gasteiger partial charge in [-0.15, -0.1) is 0 Å². The maximum absolute atomic E-state index is 13.4. The lowest BCUT2D eigenvalue weighted by atomic mass is 9.76. The zero-order chi connectivity index (χ0) is 25.2. The molecule has 0 atom stereocenters. The van der Waals surface area contributed by atoms with Crippen molar-refractivity contribution in [1.82, 2.24) is 10.2 Å². The maximum Gasteiger partial charge on any atom is 0.407 e. The lowest BCUT2D eigenvalue weighted by molar-refractivity contribution is -0.154. The Morgan fingerprint density at radius 2 is 1.54 bits per heavy atom. The van der Waals surface area contributed by atoms with E-state index in [0.717, 1.165) is 11.1 Å². The van der Waals surface area contributed by atoms with Gasteiger partial charge in [0.1, 0.15) is 6.61 Å². The lowest BCUT2D eigenvalue weighted by Crippen LogP contribution is -2.55. The summed E-state index contributed by atoms with van der Waals surface area (Å²) in [5, 5.41) is 12.0. The minimum absolute atomic E-state index is 0.0242. The van der Waals surface area contributed by atoms with E-state index in [1.54, 1.807) is 11.9 Å². The number of benzene rings is 2. The molecule has 2 aliphatic carbocycles. The van der Waals surface area contributed by atoms with Crippen LogP contribution in [-0.4, -0.2) is 54.2 Å². The molecule has 0 aliphatic heterocycles. The van der Waals surface area contributed by atoms with Crippen LogP contribution in [0.2, 0.25) is 0 Å². The summed E-state index contributed by atoms with van der Waals surface area (Å²) in [6.45, 7) is 4.28. The summed E-state index contributed by atoms with van der Waals surface area (Å²) in [6, 6.07) is 16.3. The molecule has 2 aromatic carbocycles. The third-order valence-electron chi connectivity index (χ3n) is 8.05. The quantitative estimate of drug-likeness (QED) is 0.547. The number of fused-ring (bicyclic) bond motifs is 3. The van der Waals surface area contributed by atoms with Gasteiger partial charge in [-0.3, -0.25) is 9.59 Å². The Bertz CT molecular complexity index is 1060. The average molecular weight is 479 g/mol. The van der Waals surface area contributed by atoms with Crippen LogP contribution in [0.15, 0.2) is 48.5 Å². The Labute approximate surface area is 206 Å². The van der Waals surface area contributed by atoms with Gasteiger partial charge in [-0.1, -0.05) is 62.4 Å². The predicted molar refractivity (Wildman–Crippen MR) is 133 cm³/mol. The van der Waals surface area contributed by atoms with Crippen LogP contribution in [0.5, 0.6) is 0 Å². The van der Waals surface area contributed by atoms with Crippen LogP contribution >= 0.6 is 0 Å². The molecule has 2 aliphatic rings. The largest absolute Gasteiger partial charge is 0.481 e. The third kappa shape index (κ3) is 4.64. The number of carboxylic acids is 1. The van der Waals surface area contributed by atoms with Gasteiger partial charge in [0.2, 0.25) is 5.91 Å². The van der Waals surface area contributed by atoms with Gasteiger partial charge in [0.15, 0.2) is 0 Å². The molecule has 7 nitrogen and oxygen atoms in total. The van der Waals surface area contributed by atoms with E-state index in [1.807, 2.05) is 38.1 Å². The van der Waals surface area contributed by atoms with Crippen LogP contribution in [0, 0.1) is 11.3 Å². The minimum atomic E-state index is -0.809. The predicted octanol–water partition coefficient (Wildman–Crippen LogP) is 4.65. The molecule has 186 valence electrons. The second-order valence-corrected chi connectivity index (χ2v) is 9.74. The zero-order valence-corrected chi connectivity index (χ0v) is 20.6. The molecule has 0 heterocycles. The summed E-state index contributed by atoms with van der Waals surface area (Å²) >= 11 is 0. The number of hydrogen-bond donors (Lipinski definition) is 2. The number of carboxylic acid groups (broad SMARTS) is 1. The molecule has 0 spiro atoms. The number of alkyl carbamates (subject to hydrolysis) is 1. The highest BCUT2D eigenvalue weighted by Crippen LogP contribution is 2.44. The first-order valence-corrected chi connectivity index (χ1v) is 12.4. The molecule has 2 amide bonds. The summed E-state index contributed by atoms with van der Waals surface area (Å²) in [4.78, 5) is 38.9. The molecule has 35 heavy (non-hydrogen) atoms. The topological polar surface area (TPSA) is 95.9 Å². The molecular formula is C28H34N2O5. The Morgan fingerprint density at radius 3 is 2.06 bits per heavy atom. The second-order valence-electron chi connectivity index (χ2n) is 9.74. The highest BCUT2D eigenvalue weighted by Gasteiger charge is 2.44. The minimum Gasteiger partial charge on any atom is -0.481 e. The summed E-state index contributed by atoms with van der Waals surface area (Å²) in [5.41, 5.74) is 3.88. The van der Waals surface area contributed by atoms with E-state index in [2.05, 4.69) is 29.6 Å². The van der Waals surface area contributed by atoms with Crippen molar-refractivity contribution >= 4 is 18.0 Å². The standard InChI is InChI=1S/C28H34N2O5/c1-4-28(5-2,26(33)30(3)19-14-18(15-19)25(31)32)17-29-27(34)35-16-24-22-12-8-6-10-20(22)21-11-7-9-13-23(21)24/h6-13,18-19,24H,4-5,14-17H2,1-3H3,(H,29,34)(H,31,32). The monoisotopic (exact) mass is 478 g/mol. The number of amides is 2. The van der Waals surface area contributed by atoms with Gasteiger partial charge >= 0.3 is 12.1 Å². The van der Waals surface area contributed by atoms with Crippen LogP contribution in [0.25, 0.3) is 11.1 Å². The Kier molecular flexibility index (Phi) is 7.15. The van der Waals surface area contributed by atoms with Crippen molar-refractivity contribution in [2.24, 2.45) is 11.3 Å². The Hall–Kier alpha value is -3.35. The molecule has 4 rings (SSSR count). The van der Waals surface area contributed by atoms with Crippen LogP contribution in [0.1, 0.15) is 56.6 Å². The number of carbonyl (C=O) groups is 3. The number of hydrogen-bond acceptors (Lipinski definition) is 4. The van der Waals surface area contributed by atoms with Crippen LogP contribution in [0.4, 0.5) is 4.79 Å². The van der Waals surface area contributed by atoms with Gasteiger partial charge in [0.05, 0.1) is 11.3 Å². The van der Waals surface area contributed by atoms with Crippen molar-refractivity contribution in [2.45, 2.75) is 51.5 Å². The van der Waals surface area contributed by atoms with Crippen molar-refractivity contribution < 1.29 is 24.2 Å². The number of aliphatic carboxylic acids is 1. The molecule has 7 heteroatoms. The Morgan fingerprint density at radius 1 is 1.00 bits per heavy atom. The number of nitrogens with one attached hydrogen (secondary N) is 1. The molecule has 1 saturated carbocycles.